The Morgan fingerprint density at radius 3 is 2.94 bits per heavy atom. The van der Waals surface area contributed by atoms with E-state index in [0.29, 0.717) is 12.3 Å². The Labute approximate surface area is 95.6 Å². The molecule has 2 aliphatic carbocycles. The number of ketones is 1. The molecule has 3 rings (SSSR count). The third-order valence-corrected chi connectivity index (χ3v) is 3.92. The number of methoxy groups -OCH3 is 1. The number of carbonyl (C=O) groups is 1. The van der Waals surface area contributed by atoms with Gasteiger partial charge in [0, 0.05) is 6.42 Å². The molecule has 0 saturated carbocycles. The molecular weight excluding hydrogens is 200 g/mol. The summed E-state index contributed by atoms with van der Waals surface area (Å²) in [5.41, 5.74) is 3.57. The Morgan fingerprint density at radius 1 is 1.25 bits per heavy atom. The molecule has 0 bridgehead atoms. The predicted molar refractivity (Wildman–Crippen MR) is 62.2 cm³/mol. The van der Waals surface area contributed by atoms with Gasteiger partial charge in [-0.3, -0.25) is 4.79 Å². The van der Waals surface area contributed by atoms with Gasteiger partial charge in [-0.2, -0.15) is 0 Å². The summed E-state index contributed by atoms with van der Waals surface area (Å²) in [7, 11) is 1.65. The number of hydrogen-bond donors (Lipinski definition) is 0. The van der Waals surface area contributed by atoms with Crippen molar-refractivity contribution in [3.8, 4) is 5.75 Å². The summed E-state index contributed by atoms with van der Waals surface area (Å²) in [6.45, 7) is 0. The first-order valence-corrected chi connectivity index (χ1v) is 6.04. The van der Waals surface area contributed by atoms with Gasteiger partial charge in [0.1, 0.15) is 5.75 Å². The lowest BCUT2D eigenvalue weighted by Gasteiger charge is -2.14. The van der Waals surface area contributed by atoms with Gasteiger partial charge in [0.15, 0.2) is 5.78 Å². The largest absolute Gasteiger partial charge is 0.496 e. The van der Waals surface area contributed by atoms with Crippen LogP contribution in [0.1, 0.15) is 53.1 Å². The second-order valence-corrected chi connectivity index (χ2v) is 4.77. The van der Waals surface area contributed by atoms with Gasteiger partial charge in [-0.25, -0.2) is 0 Å². The van der Waals surface area contributed by atoms with Gasteiger partial charge in [0.2, 0.25) is 0 Å². The van der Waals surface area contributed by atoms with E-state index >= 15 is 0 Å². The number of ether oxygens (including phenoxy) is 1. The summed E-state index contributed by atoms with van der Waals surface area (Å²) in [6.07, 6.45) is 5.22. The Balaban J connectivity index is 2.25. The third-order valence-electron chi connectivity index (χ3n) is 3.92. The number of benzene rings is 1. The minimum Gasteiger partial charge on any atom is -0.496 e. The molecule has 16 heavy (non-hydrogen) atoms. The van der Waals surface area contributed by atoms with Gasteiger partial charge < -0.3 is 4.74 Å². The molecule has 0 unspecified atom stereocenters. The van der Waals surface area contributed by atoms with Gasteiger partial charge in [0.25, 0.3) is 0 Å². The SMILES string of the molecule is COc1ccc2c3c1C(=O)CCC[C@H]3CC2. The maximum atomic E-state index is 12.1. The Hall–Kier alpha value is -1.31. The number of aryl methyl sites for hydroxylation is 1. The summed E-state index contributed by atoms with van der Waals surface area (Å²) in [6, 6.07) is 4.09. The Morgan fingerprint density at radius 2 is 2.12 bits per heavy atom. The lowest BCUT2D eigenvalue weighted by atomic mass is 9.93. The van der Waals surface area contributed by atoms with Crippen LogP contribution >= 0.6 is 0 Å². The molecule has 0 spiro atoms. The van der Waals surface area contributed by atoms with E-state index in [9.17, 15) is 4.79 Å². The molecule has 0 saturated heterocycles. The number of rotatable bonds is 1. The maximum Gasteiger partial charge on any atom is 0.166 e. The van der Waals surface area contributed by atoms with Crippen LogP contribution in [0.3, 0.4) is 0 Å². The normalized spacial score (nSPS) is 22.8. The molecule has 0 N–H and O–H groups in total. The number of hydrogen-bond acceptors (Lipinski definition) is 2. The van der Waals surface area contributed by atoms with Gasteiger partial charge in [-0.1, -0.05) is 6.07 Å². The molecule has 2 heteroatoms. The molecule has 0 fully saturated rings. The summed E-state index contributed by atoms with van der Waals surface area (Å²) in [4.78, 5) is 12.1. The van der Waals surface area contributed by atoms with Crippen molar-refractivity contribution in [1.82, 2.24) is 0 Å². The van der Waals surface area contributed by atoms with Crippen molar-refractivity contribution in [3.05, 3.63) is 28.8 Å². The minimum absolute atomic E-state index is 0.276. The van der Waals surface area contributed by atoms with Crippen LogP contribution in [0.5, 0.6) is 5.75 Å². The summed E-state index contributed by atoms with van der Waals surface area (Å²) in [5.74, 6) is 1.65. The van der Waals surface area contributed by atoms with Crippen molar-refractivity contribution in [2.75, 3.05) is 7.11 Å². The van der Waals surface area contributed by atoms with Crippen LogP contribution in [0.15, 0.2) is 12.1 Å². The van der Waals surface area contributed by atoms with Gasteiger partial charge in [-0.15, -0.1) is 0 Å². The second-order valence-electron chi connectivity index (χ2n) is 4.77. The van der Waals surface area contributed by atoms with Crippen LogP contribution in [-0.2, 0) is 6.42 Å². The van der Waals surface area contributed by atoms with E-state index in [1.54, 1.807) is 7.11 Å². The topological polar surface area (TPSA) is 26.3 Å². The fourth-order valence-corrected chi connectivity index (χ4v) is 3.18. The highest BCUT2D eigenvalue weighted by Gasteiger charge is 2.32. The number of carbonyl (C=O) groups excluding carboxylic acids is 1. The van der Waals surface area contributed by atoms with Crippen LogP contribution < -0.4 is 4.74 Å². The van der Waals surface area contributed by atoms with E-state index in [1.165, 1.54) is 24.0 Å². The monoisotopic (exact) mass is 216 g/mol. The maximum absolute atomic E-state index is 12.1. The smallest absolute Gasteiger partial charge is 0.166 e. The van der Waals surface area contributed by atoms with E-state index < -0.39 is 0 Å². The van der Waals surface area contributed by atoms with Crippen molar-refractivity contribution >= 4 is 5.78 Å². The van der Waals surface area contributed by atoms with Crippen LogP contribution in [0.4, 0.5) is 0 Å². The van der Waals surface area contributed by atoms with Crippen molar-refractivity contribution in [1.29, 1.82) is 0 Å². The van der Waals surface area contributed by atoms with Crippen molar-refractivity contribution in [2.24, 2.45) is 0 Å². The fourth-order valence-electron chi connectivity index (χ4n) is 3.18. The first-order valence-electron chi connectivity index (χ1n) is 6.04. The summed E-state index contributed by atoms with van der Waals surface area (Å²) >= 11 is 0. The highest BCUT2D eigenvalue weighted by atomic mass is 16.5. The first kappa shape index (κ1) is 9.88. The quantitative estimate of drug-likeness (QED) is 0.721. The zero-order valence-electron chi connectivity index (χ0n) is 9.58. The summed E-state index contributed by atoms with van der Waals surface area (Å²) in [5, 5.41) is 0. The van der Waals surface area contributed by atoms with E-state index in [0.717, 1.165) is 24.2 Å². The molecule has 84 valence electrons. The highest BCUT2D eigenvalue weighted by Crippen LogP contribution is 2.44. The molecule has 0 aliphatic heterocycles. The van der Waals surface area contributed by atoms with Crippen LogP contribution in [-0.4, -0.2) is 12.9 Å². The van der Waals surface area contributed by atoms with Gasteiger partial charge in [-0.05, 0) is 48.8 Å². The molecule has 2 aliphatic rings. The van der Waals surface area contributed by atoms with Gasteiger partial charge in [0.05, 0.1) is 12.7 Å². The van der Waals surface area contributed by atoms with Crippen molar-refractivity contribution in [3.63, 3.8) is 0 Å². The predicted octanol–water partition coefficient (Wildman–Crippen LogP) is 3.09. The molecular formula is C14H16O2. The molecule has 0 amide bonds. The fraction of sp³-hybridized carbons (Fsp3) is 0.500. The standard InChI is InChI=1S/C14H16O2/c1-16-12-8-7-10-6-5-9-3-2-4-11(15)14(12)13(9)10/h7-9H,2-6H2,1H3/t9-/m0/s1. The molecule has 2 nitrogen and oxygen atoms in total. The van der Waals surface area contributed by atoms with E-state index in [-0.39, 0.29) is 5.78 Å². The molecule has 0 heterocycles. The van der Waals surface area contributed by atoms with Crippen molar-refractivity contribution < 1.29 is 9.53 Å². The first-order chi connectivity index (χ1) is 7.81. The van der Waals surface area contributed by atoms with Crippen LogP contribution in [0.2, 0.25) is 0 Å². The lowest BCUT2D eigenvalue weighted by Crippen LogP contribution is -2.05. The third kappa shape index (κ3) is 1.29. The zero-order valence-corrected chi connectivity index (χ0v) is 9.58. The molecule has 1 aromatic carbocycles. The van der Waals surface area contributed by atoms with Crippen LogP contribution in [0, 0.1) is 0 Å². The summed E-state index contributed by atoms with van der Waals surface area (Å²) < 4.78 is 5.35. The molecule has 1 aromatic rings. The lowest BCUT2D eigenvalue weighted by molar-refractivity contribution is 0.0979. The molecule has 0 aromatic heterocycles. The Bertz CT molecular complexity index is 448. The zero-order chi connectivity index (χ0) is 11.1. The number of Topliss-reactive ketones (excluding diaryl/α,β-unsaturated/α-hetero) is 1. The van der Waals surface area contributed by atoms with E-state index in [1.807, 2.05) is 6.07 Å². The second kappa shape index (κ2) is 3.62. The van der Waals surface area contributed by atoms with Crippen molar-refractivity contribution in [2.45, 2.75) is 38.0 Å². The Kier molecular flexibility index (Phi) is 2.23. The van der Waals surface area contributed by atoms with Crippen LogP contribution in [0.25, 0.3) is 0 Å². The van der Waals surface area contributed by atoms with Gasteiger partial charge >= 0.3 is 0 Å². The van der Waals surface area contributed by atoms with E-state index in [4.69, 9.17) is 4.74 Å². The molecule has 1 atom stereocenters. The minimum atomic E-state index is 0.276. The average molecular weight is 216 g/mol. The highest BCUT2D eigenvalue weighted by molar-refractivity contribution is 6.01. The average Bonchev–Trinajstić information content (AvgIpc) is 2.63. The van der Waals surface area contributed by atoms with E-state index in [2.05, 4.69) is 6.07 Å². The molecule has 0 radical (unpaired) electrons.